The summed E-state index contributed by atoms with van der Waals surface area (Å²) in [6.07, 6.45) is -2.56. The number of ether oxygens (including phenoxy) is 1. The van der Waals surface area contributed by atoms with Crippen molar-refractivity contribution in [1.29, 1.82) is 0 Å². The molecule has 8 nitrogen and oxygen atoms in total. The van der Waals surface area contributed by atoms with Crippen LogP contribution in [0.3, 0.4) is 0 Å². The number of amides is 1. The molecule has 32 heavy (non-hydrogen) atoms. The van der Waals surface area contributed by atoms with Crippen LogP contribution in [-0.4, -0.2) is 81.4 Å². The van der Waals surface area contributed by atoms with Crippen LogP contribution in [0.5, 0.6) is 5.75 Å². The highest BCUT2D eigenvalue weighted by Gasteiger charge is 2.34. The van der Waals surface area contributed by atoms with E-state index in [9.17, 15) is 26.4 Å². The van der Waals surface area contributed by atoms with Crippen molar-refractivity contribution in [3.63, 3.8) is 0 Å². The molecule has 1 aliphatic rings. The van der Waals surface area contributed by atoms with Crippen molar-refractivity contribution in [2.45, 2.75) is 19.2 Å². The van der Waals surface area contributed by atoms with Gasteiger partial charge in [-0.05, 0) is 39.1 Å². The molecule has 0 saturated carbocycles. The number of carbonyl (C=O) groups is 1. The van der Waals surface area contributed by atoms with E-state index in [1.165, 1.54) is 27.4 Å². The Morgan fingerprint density at radius 2 is 2.03 bits per heavy atom. The maximum atomic E-state index is 13.4. The van der Waals surface area contributed by atoms with Gasteiger partial charge in [0.1, 0.15) is 5.75 Å². The van der Waals surface area contributed by atoms with Crippen LogP contribution < -0.4 is 9.64 Å². The minimum atomic E-state index is -4.80. The molecule has 0 bridgehead atoms. The average Bonchev–Trinajstić information content (AvgIpc) is 3.08. The Kier molecular flexibility index (Phi) is 7.32. The third-order valence-corrected chi connectivity index (χ3v) is 7.36. The Balaban J connectivity index is 1.89. The number of hydrogen-bond donors (Lipinski definition) is 0. The number of carbonyl (C=O) groups excluding carboxylic acids is 1. The lowest BCUT2D eigenvalue weighted by molar-refractivity contribution is -0.274. The molecule has 1 atom stereocenters. The Bertz CT molecular complexity index is 1070. The summed E-state index contributed by atoms with van der Waals surface area (Å²) >= 11 is 1.09. The van der Waals surface area contributed by atoms with E-state index in [0.29, 0.717) is 47.8 Å². The topological polar surface area (TPSA) is 83.0 Å². The summed E-state index contributed by atoms with van der Waals surface area (Å²) in [5.41, 5.74) is 0.448. The summed E-state index contributed by atoms with van der Waals surface area (Å²) in [6, 6.07) is 3.83. The quantitative estimate of drug-likeness (QED) is 0.589. The van der Waals surface area contributed by atoms with E-state index < -0.39 is 22.3 Å². The van der Waals surface area contributed by atoms with Crippen LogP contribution in [0.1, 0.15) is 12.8 Å². The number of thiazole rings is 1. The number of benzene rings is 1. The minimum Gasteiger partial charge on any atom is -0.406 e. The van der Waals surface area contributed by atoms with Crippen molar-refractivity contribution in [2.75, 3.05) is 51.4 Å². The van der Waals surface area contributed by atoms with Crippen LogP contribution in [0, 0.1) is 5.92 Å². The van der Waals surface area contributed by atoms with Crippen molar-refractivity contribution >= 4 is 42.6 Å². The zero-order chi connectivity index (χ0) is 23.7. The molecule has 1 unspecified atom stereocenters. The number of rotatable bonds is 7. The summed E-state index contributed by atoms with van der Waals surface area (Å²) < 4.78 is 67.2. The van der Waals surface area contributed by atoms with Gasteiger partial charge in [0.15, 0.2) is 5.13 Å². The minimum absolute atomic E-state index is 0.102. The van der Waals surface area contributed by atoms with Gasteiger partial charge in [-0.2, -0.15) is 0 Å². The number of halogens is 3. The Morgan fingerprint density at radius 3 is 2.66 bits per heavy atom. The van der Waals surface area contributed by atoms with Gasteiger partial charge in [-0.1, -0.05) is 11.3 Å². The van der Waals surface area contributed by atoms with Gasteiger partial charge >= 0.3 is 6.36 Å². The second kappa shape index (κ2) is 9.49. The van der Waals surface area contributed by atoms with Crippen LogP contribution in [0.4, 0.5) is 18.3 Å². The molecule has 0 N–H and O–H groups in total. The van der Waals surface area contributed by atoms with E-state index in [2.05, 4.69) is 9.72 Å². The molecule has 0 aliphatic carbocycles. The number of aromatic nitrogens is 1. The number of anilines is 1. The fourth-order valence-electron chi connectivity index (χ4n) is 3.47. The van der Waals surface area contributed by atoms with E-state index in [-0.39, 0.29) is 18.2 Å². The second-order valence-corrected chi connectivity index (χ2v) is 10.9. The molecular formula is C19H25F3N4O4S2. The fraction of sp³-hybridized carbons (Fsp3) is 0.579. The highest BCUT2D eigenvalue weighted by molar-refractivity contribution is 7.88. The molecule has 178 valence electrons. The van der Waals surface area contributed by atoms with Gasteiger partial charge in [-0.3, -0.25) is 9.69 Å². The SMILES string of the molecule is CN(C)CCN(C(=O)C1CCCN(S(C)(=O)=O)C1)c1nc2ccc(OC(F)(F)F)cc2s1. The summed E-state index contributed by atoms with van der Waals surface area (Å²) in [4.78, 5) is 21.2. The summed E-state index contributed by atoms with van der Waals surface area (Å²) in [5.74, 6) is -1.12. The van der Waals surface area contributed by atoms with E-state index in [4.69, 9.17) is 0 Å². The maximum Gasteiger partial charge on any atom is 0.573 e. The smallest absolute Gasteiger partial charge is 0.406 e. The molecule has 2 heterocycles. The maximum absolute atomic E-state index is 13.4. The molecular weight excluding hydrogens is 469 g/mol. The van der Waals surface area contributed by atoms with Crippen LogP contribution >= 0.6 is 11.3 Å². The van der Waals surface area contributed by atoms with Crippen molar-refractivity contribution < 1.29 is 31.1 Å². The van der Waals surface area contributed by atoms with Crippen LogP contribution in [0.25, 0.3) is 10.2 Å². The van der Waals surface area contributed by atoms with Gasteiger partial charge < -0.3 is 9.64 Å². The van der Waals surface area contributed by atoms with Gasteiger partial charge in [0, 0.05) is 32.2 Å². The summed E-state index contributed by atoms with van der Waals surface area (Å²) in [5, 5.41) is 0.354. The lowest BCUT2D eigenvalue weighted by atomic mass is 9.98. The Hall–Kier alpha value is -1.96. The number of alkyl halides is 3. The van der Waals surface area contributed by atoms with E-state index >= 15 is 0 Å². The third kappa shape index (κ3) is 6.30. The number of hydrogen-bond acceptors (Lipinski definition) is 7. The van der Waals surface area contributed by atoms with Crippen molar-refractivity contribution in [1.82, 2.24) is 14.2 Å². The normalized spacial score (nSPS) is 18.3. The van der Waals surface area contributed by atoms with Gasteiger partial charge in [0.2, 0.25) is 15.9 Å². The van der Waals surface area contributed by atoms with Crippen LogP contribution in [0.2, 0.25) is 0 Å². The molecule has 1 aromatic carbocycles. The van der Waals surface area contributed by atoms with E-state index in [1.807, 2.05) is 19.0 Å². The largest absolute Gasteiger partial charge is 0.573 e. The number of nitrogens with zero attached hydrogens (tertiary/aromatic N) is 4. The molecule has 1 amide bonds. The first-order valence-corrected chi connectivity index (χ1v) is 12.6. The monoisotopic (exact) mass is 494 g/mol. The molecule has 1 aromatic heterocycles. The molecule has 3 rings (SSSR count). The highest BCUT2D eigenvalue weighted by atomic mass is 32.2. The van der Waals surface area contributed by atoms with Crippen LogP contribution in [-0.2, 0) is 14.8 Å². The lowest BCUT2D eigenvalue weighted by Crippen LogP contribution is -2.47. The van der Waals surface area contributed by atoms with Crippen molar-refractivity contribution in [3.05, 3.63) is 18.2 Å². The highest BCUT2D eigenvalue weighted by Crippen LogP contribution is 2.34. The summed E-state index contributed by atoms with van der Waals surface area (Å²) in [7, 11) is 0.297. The molecule has 13 heteroatoms. The van der Waals surface area contributed by atoms with Crippen molar-refractivity contribution in [3.8, 4) is 5.75 Å². The second-order valence-electron chi connectivity index (χ2n) is 7.93. The average molecular weight is 495 g/mol. The van der Waals surface area contributed by atoms with Crippen LogP contribution in [0.15, 0.2) is 18.2 Å². The van der Waals surface area contributed by atoms with Crippen molar-refractivity contribution in [2.24, 2.45) is 5.92 Å². The third-order valence-electron chi connectivity index (χ3n) is 5.05. The first-order valence-electron chi connectivity index (χ1n) is 9.91. The zero-order valence-corrected chi connectivity index (χ0v) is 19.6. The number of likely N-dealkylation sites (N-methyl/N-ethyl adjacent to an activating group) is 1. The molecule has 1 aliphatic heterocycles. The Labute approximate surface area is 188 Å². The number of fused-ring (bicyclic) bond motifs is 1. The first kappa shape index (κ1) is 24.7. The zero-order valence-electron chi connectivity index (χ0n) is 17.9. The van der Waals surface area contributed by atoms with Gasteiger partial charge in [0.25, 0.3) is 0 Å². The van der Waals surface area contributed by atoms with Gasteiger partial charge in [-0.25, -0.2) is 17.7 Å². The molecule has 1 saturated heterocycles. The molecule has 0 spiro atoms. The lowest BCUT2D eigenvalue weighted by Gasteiger charge is -2.33. The fourth-order valence-corrected chi connectivity index (χ4v) is 5.41. The number of piperidine rings is 1. The molecule has 0 radical (unpaired) electrons. The summed E-state index contributed by atoms with van der Waals surface area (Å²) in [6.45, 7) is 1.33. The predicted molar refractivity (Wildman–Crippen MR) is 116 cm³/mol. The standard InChI is InChI=1S/C19H25F3N4O4S2/c1-24(2)9-10-26(17(27)13-5-4-8-25(12-13)32(3,28)29)18-23-15-7-6-14(11-16(15)31-18)30-19(20,21)22/h6-7,11,13H,4-5,8-10,12H2,1-3H3. The van der Waals surface area contributed by atoms with E-state index in [1.54, 1.807) is 0 Å². The van der Waals surface area contributed by atoms with E-state index in [0.717, 1.165) is 17.6 Å². The van der Waals surface area contributed by atoms with Gasteiger partial charge in [0.05, 0.1) is 22.4 Å². The number of sulfonamides is 1. The molecule has 2 aromatic rings. The first-order chi connectivity index (χ1) is 14.8. The molecule has 1 fully saturated rings. The predicted octanol–water partition coefficient (Wildman–Crippen LogP) is 2.76. The van der Waals surface area contributed by atoms with Gasteiger partial charge in [-0.15, -0.1) is 13.2 Å². The Morgan fingerprint density at radius 1 is 1.31 bits per heavy atom.